The van der Waals surface area contributed by atoms with Crippen LogP contribution < -0.4 is 10.4 Å². The molecule has 0 spiro atoms. The van der Waals surface area contributed by atoms with Gasteiger partial charge in [-0.15, -0.1) is 0 Å². The number of carbonyl (C=O) groups excluding carboxylic acids is 1. The largest absolute Gasteiger partial charge is 0.481 e. The van der Waals surface area contributed by atoms with Crippen LogP contribution in [0.3, 0.4) is 0 Å². The quantitative estimate of drug-likeness (QED) is 0.699. The first-order chi connectivity index (χ1) is 12.8. The molecule has 27 heavy (non-hydrogen) atoms. The molecule has 1 N–H and O–H groups in total. The van der Waals surface area contributed by atoms with E-state index in [1.165, 1.54) is 0 Å². The van der Waals surface area contributed by atoms with Crippen LogP contribution in [0.1, 0.15) is 29.3 Å². The number of likely N-dealkylation sites (N-methyl/N-ethyl adjacent to an activating group) is 1. The second-order valence-electron chi connectivity index (χ2n) is 6.77. The Morgan fingerprint density at radius 2 is 2.04 bits per heavy atom. The van der Waals surface area contributed by atoms with Gasteiger partial charge < -0.3 is 14.1 Å². The molecule has 0 saturated heterocycles. The van der Waals surface area contributed by atoms with Crippen LogP contribution in [0.2, 0.25) is 0 Å². The Morgan fingerprint density at radius 3 is 2.70 bits per heavy atom. The molecule has 1 aromatic carbocycles. The summed E-state index contributed by atoms with van der Waals surface area (Å²) in [5, 5.41) is 7.68. The number of fused-ring (bicyclic) bond motifs is 1. The highest BCUT2D eigenvalue weighted by molar-refractivity contribution is 5.83. The van der Waals surface area contributed by atoms with Gasteiger partial charge in [0.25, 0.3) is 5.91 Å². The summed E-state index contributed by atoms with van der Waals surface area (Å²) in [4.78, 5) is 26.1. The Balaban J connectivity index is 1.76. The molecule has 2 heterocycles. The highest BCUT2D eigenvalue weighted by Crippen LogP contribution is 2.24. The van der Waals surface area contributed by atoms with Gasteiger partial charge in [0, 0.05) is 41.9 Å². The van der Waals surface area contributed by atoms with Crippen molar-refractivity contribution < 1.29 is 13.9 Å². The Kier molecular flexibility index (Phi) is 5.03. The molecule has 2 aromatic heterocycles. The van der Waals surface area contributed by atoms with E-state index in [-0.39, 0.29) is 11.5 Å². The molecule has 0 radical (unpaired) electrons. The third-order valence-electron chi connectivity index (χ3n) is 4.81. The predicted octanol–water partition coefficient (Wildman–Crippen LogP) is 2.87. The second-order valence-corrected chi connectivity index (χ2v) is 6.77. The van der Waals surface area contributed by atoms with Gasteiger partial charge in [-0.1, -0.05) is 0 Å². The zero-order valence-electron chi connectivity index (χ0n) is 16.1. The lowest BCUT2D eigenvalue weighted by Crippen LogP contribution is -2.37. The number of benzene rings is 1. The van der Waals surface area contributed by atoms with Gasteiger partial charge in [0.15, 0.2) is 6.10 Å². The van der Waals surface area contributed by atoms with Gasteiger partial charge >= 0.3 is 5.63 Å². The molecule has 7 heteroatoms. The van der Waals surface area contributed by atoms with E-state index in [0.717, 1.165) is 22.2 Å². The number of nitrogens with zero attached hydrogens (tertiary/aromatic N) is 2. The summed E-state index contributed by atoms with van der Waals surface area (Å²) in [5.74, 6) is 0.319. The molecule has 0 aliphatic carbocycles. The number of hydrogen-bond acceptors (Lipinski definition) is 5. The van der Waals surface area contributed by atoms with Gasteiger partial charge in [-0.25, -0.2) is 4.79 Å². The molecule has 0 bridgehead atoms. The summed E-state index contributed by atoms with van der Waals surface area (Å²) in [6.45, 7) is 7.67. The van der Waals surface area contributed by atoms with E-state index in [0.29, 0.717) is 23.4 Å². The van der Waals surface area contributed by atoms with E-state index >= 15 is 0 Å². The normalized spacial score (nSPS) is 12.2. The van der Waals surface area contributed by atoms with Crippen LogP contribution in [0, 0.1) is 20.8 Å². The number of aromatic nitrogens is 2. The summed E-state index contributed by atoms with van der Waals surface area (Å²) in [7, 11) is 1.72. The van der Waals surface area contributed by atoms with Gasteiger partial charge in [0.1, 0.15) is 11.3 Å². The molecule has 3 aromatic rings. The Hall–Kier alpha value is -3.09. The first-order valence-corrected chi connectivity index (χ1v) is 8.72. The van der Waals surface area contributed by atoms with Gasteiger partial charge in [0.05, 0.1) is 6.20 Å². The number of hydrogen-bond donors (Lipinski definition) is 1. The molecule has 1 unspecified atom stereocenters. The van der Waals surface area contributed by atoms with E-state index < -0.39 is 6.10 Å². The van der Waals surface area contributed by atoms with E-state index in [9.17, 15) is 9.59 Å². The van der Waals surface area contributed by atoms with Crippen LogP contribution >= 0.6 is 0 Å². The zero-order valence-corrected chi connectivity index (χ0v) is 16.1. The monoisotopic (exact) mass is 369 g/mol. The lowest BCUT2D eigenvalue weighted by atomic mass is 10.1. The third-order valence-corrected chi connectivity index (χ3v) is 4.81. The topological polar surface area (TPSA) is 88.4 Å². The molecular formula is C20H23N3O4. The van der Waals surface area contributed by atoms with Crippen molar-refractivity contribution in [2.24, 2.45) is 0 Å². The molecule has 0 saturated carbocycles. The highest BCUT2D eigenvalue weighted by atomic mass is 16.5. The van der Waals surface area contributed by atoms with Crippen LogP contribution in [-0.2, 0) is 11.3 Å². The fourth-order valence-corrected chi connectivity index (χ4v) is 2.94. The summed E-state index contributed by atoms with van der Waals surface area (Å²) < 4.78 is 11.1. The molecule has 0 aliphatic heterocycles. The fourth-order valence-electron chi connectivity index (χ4n) is 2.94. The van der Waals surface area contributed by atoms with Crippen LogP contribution in [-0.4, -0.2) is 34.2 Å². The molecular weight excluding hydrogens is 346 g/mol. The lowest BCUT2D eigenvalue weighted by molar-refractivity contribution is -0.137. The minimum Gasteiger partial charge on any atom is -0.481 e. The molecule has 1 atom stereocenters. The van der Waals surface area contributed by atoms with Crippen LogP contribution in [0.5, 0.6) is 5.75 Å². The molecule has 0 aliphatic rings. The lowest BCUT2D eigenvalue weighted by Gasteiger charge is -2.22. The van der Waals surface area contributed by atoms with Crippen LogP contribution in [0.25, 0.3) is 11.0 Å². The number of amides is 1. The number of aryl methyl sites for hydroxylation is 2. The van der Waals surface area contributed by atoms with E-state index in [4.69, 9.17) is 9.15 Å². The van der Waals surface area contributed by atoms with Crippen molar-refractivity contribution in [1.82, 2.24) is 15.1 Å². The SMILES string of the molecule is Cc1[nH]ncc1CN(C)C(=O)C(C)Oc1ccc2c(C)c(C)c(=O)oc2c1. The van der Waals surface area contributed by atoms with E-state index in [1.54, 1.807) is 44.1 Å². The first kappa shape index (κ1) is 18.7. The highest BCUT2D eigenvalue weighted by Gasteiger charge is 2.20. The van der Waals surface area contributed by atoms with Gasteiger partial charge in [-0.3, -0.25) is 9.89 Å². The molecule has 142 valence electrons. The van der Waals surface area contributed by atoms with Crippen molar-refractivity contribution >= 4 is 16.9 Å². The summed E-state index contributed by atoms with van der Waals surface area (Å²) in [5.41, 5.74) is 3.44. The Bertz CT molecular complexity index is 1050. The molecule has 3 rings (SSSR count). The predicted molar refractivity (Wildman–Crippen MR) is 102 cm³/mol. The van der Waals surface area contributed by atoms with Crippen LogP contribution in [0.15, 0.2) is 33.6 Å². The van der Waals surface area contributed by atoms with Crippen molar-refractivity contribution in [1.29, 1.82) is 0 Å². The van der Waals surface area contributed by atoms with Crippen molar-refractivity contribution in [2.75, 3.05) is 7.05 Å². The fraction of sp³-hybridized carbons (Fsp3) is 0.350. The third kappa shape index (κ3) is 3.72. The Labute approximate surface area is 156 Å². The molecule has 7 nitrogen and oxygen atoms in total. The smallest absolute Gasteiger partial charge is 0.339 e. The van der Waals surface area contributed by atoms with E-state index in [2.05, 4.69) is 10.2 Å². The van der Waals surface area contributed by atoms with Crippen LogP contribution in [0.4, 0.5) is 0 Å². The minimum atomic E-state index is -0.682. The number of aromatic amines is 1. The maximum absolute atomic E-state index is 12.6. The minimum absolute atomic E-state index is 0.155. The van der Waals surface area contributed by atoms with Gasteiger partial charge in [0.2, 0.25) is 0 Å². The number of rotatable bonds is 5. The first-order valence-electron chi connectivity index (χ1n) is 8.72. The summed E-state index contributed by atoms with van der Waals surface area (Å²) >= 11 is 0. The maximum atomic E-state index is 12.6. The second kappa shape index (κ2) is 7.26. The molecule has 1 amide bonds. The van der Waals surface area contributed by atoms with Gasteiger partial charge in [-0.05, 0) is 45.4 Å². The summed E-state index contributed by atoms with van der Waals surface area (Å²) in [6, 6.07) is 5.26. The van der Waals surface area contributed by atoms with Crippen molar-refractivity contribution in [2.45, 2.75) is 40.3 Å². The molecule has 0 fully saturated rings. The average Bonchev–Trinajstić information content (AvgIpc) is 3.03. The van der Waals surface area contributed by atoms with Crippen molar-refractivity contribution in [3.8, 4) is 5.75 Å². The standard InChI is InChI=1S/C20H23N3O4/c1-11-12(2)20(25)27-18-8-16(6-7-17(11)18)26-14(4)19(24)23(5)10-15-9-21-22-13(15)3/h6-9,14H,10H2,1-5H3,(H,21,22). The van der Waals surface area contributed by atoms with E-state index in [1.807, 2.05) is 19.9 Å². The van der Waals surface area contributed by atoms with Crippen molar-refractivity contribution in [3.05, 3.63) is 57.2 Å². The number of ether oxygens (including phenoxy) is 1. The number of H-pyrrole nitrogens is 1. The number of nitrogens with one attached hydrogen (secondary N) is 1. The maximum Gasteiger partial charge on any atom is 0.339 e. The zero-order chi connectivity index (χ0) is 19.7. The number of carbonyl (C=O) groups is 1. The van der Waals surface area contributed by atoms with Gasteiger partial charge in [-0.2, -0.15) is 5.10 Å². The summed E-state index contributed by atoms with van der Waals surface area (Å²) in [6.07, 6.45) is 1.03. The van der Waals surface area contributed by atoms with Crippen molar-refractivity contribution in [3.63, 3.8) is 0 Å². The average molecular weight is 369 g/mol. The Morgan fingerprint density at radius 1 is 1.30 bits per heavy atom.